The zero-order chi connectivity index (χ0) is 14.1. The molecule has 1 aliphatic heterocycles. The van der Waals surface area contributed by atoms with E-state index < -0.39 is 0 Å². The first-order chi connectivity index (χ1) is 9.65. The lowest BCUT2D eigenvalue weighted by Gasteiger charge is -2.32. The Bertz CT molecular complexity index is 630. The normalized spacial score (nSPS) is 20.9. The largest absolute Gasteiger partial charge is 0.493 e. The van der Waals surface area contributed by atoms with Crippen LogP contribution in [0.2, 0.25) is 5.15 Å². The standard InChI is InChI=1S/C16H17ClN2O/c1-10-7-12(8-18-16(10)17)19-15-11(2)9-20-14-6-4-3-5-13(14)15/h3-8,11,15,19H,9H2,1-2H3. The van der Waals surface area contributed by atoms with Crippen molar-refractivity contribution in [1.29, 1.82) is 0 Å². The summed E-state index contributed by atoms with van der Waals surface area (Å²) in [6, 6.07) is 10.4. The van der Waals surface area contributed by atoms with E-state index in [1.54, 1.807) is 6.20 Å². The van der Waals surface area contributed by atoms with Crippen molar-refractivity contribution in [3.05, 3.63) is 52.8 Å². The van der Waals surface area contributed by atoms with Gasteiger partial charge in [0, 0.05) is 11.5 Å². The average molecular weight is 289 g/mol. The summed E-state index contributed by atoms with van der Waals surface area (Å²) in [6.07, 6.45) is 1.78. The fraction of sp³-hybridized carbons (Fsp3) is 0.312. The van der Waals surface area contributed by atoms with Crippen molar-refractivity contribution in [2.45, 2.75) is 19.9 Å². The number of para-hydroxylation sites is 1. The first-order valence-electron chi connectivity index (χ1n) is 6.75. The van der Waals surface area contributed by atoms with Gasteiger partial charge in [0.1, 0.15) is 10.9 Å². The van der Waals surface area contributed by atoms with Gasteiger partial charge in [0.2, 0.25) is 0 Å². The number of aryl methyl sites for hydroxylation is 1. The molecule has 2 unspecified atom stereocenters. The molecule has 1 aromatic carbocycles. The predicted molar refractivity (Wildman–Crippen MR) is 81.4 cm³/mol. The summed E-state index contributed by atoms with van der Waals surface area (Å²) >= 11 is 5.97. The maximum Gasteiger partial charge on any atom is 0.132 e. The molecule has 0 bridgehead atoms. The Labute approximate surface area is 123 Å². The fourth-order valence-electron chi connectivity index (χ4n) is 2.53. The maximum absolute atomic E-state index is 5.97. The third-order valence-electron chi connectivity index (χ3n) is 3.66. The van der Waals surface area contributed by atoms with E-state index in [4.69, 9.17) is 16.3 Å². The second-order valence-corrected chi connectivity index (χ2v) is 5.64. The van der Waals surface area contributed by atoms with Crippen LogP contribution >= 0.6 is 11.6 Å². The second-order valence-electron chi connectivity index (χ2n) is 5.28. The summed E-state index contributed by atoms with van der Waals surface area (Å²) < 4.78 is 5.77. The van der Waals surface area contributed by atoms with Crippen molar-refractivity contribution < 1.29 is 4.74 Å². The minimum Gasteiger partial charge on any atom is -0.493 e. The van der Waals surface area contributed by atoms with Crippen LogP contribution in [0.5, 0.6) is 5.75 Å². The number of hydrogen-bond donors (Lipinski definition) is 1. The molecule has 1 aliphatic rings. The summed E-state index contributed by atoms with van der Waals surface area (Å²) in [5, 5.41) is 4.11. The monoisotopic (exact) mass is 288 g/mol. The Hall–Kier alpha value is -1.74. The summed E-state index contributed by atoms with van der Waals surface area (Å²) in [5.41, 5.74) is 3.16. The number of pyridine rings is 1. The first-order valence-corrected chi connectivity index (χ1v) is 7.13. The van der Waals surface area contributed by atoms with Gasteiger partial charge in [-0.3, -0.25) is 0 Å². The van der Waals surface area contributed by atoms with E-state index in [1.807, 2.05) is 31.2 Å². The fourth-order valence-corrected chi connectivity index (χ4v) is 2.63. The molecule has 4 heteroatoms. The molecule has 2 atom stereocenters. The molecule has 0 amide bonds. The van der Waals surface area contributed by atoms with Gasteiger partial charge < -0.3 is 10.1 Å². The molecule has 0 spiro atoms. The van der Waals surface area contributed by atoms with Gasteiger partial charge in [0.15, 0.2) is 0 Å². The molecule has 104 valence electrons. The molecule has 3 rings (SSSR count). The molecule has 1 aromatic heterocycles. The van der Waals surface area contributed by atoms with Gasteiger partial charge in [-0.1, -0.05) is 36.7 Å². The summed E-state index contributed by atoms with van der Waals surface area (Å²) in [7, 11) is 0. The lowest BCUT2D eigenvalue weighted by atomic mass is 9.92. The van der Waals surface area contributed by atoms with Gasteiger partial charge in [0.05, 0.1) is 24.5 Å². The number of nitrogens with zero attached hydrogens (tertiary/aromatic N) is 1. The smallest absolute Gasteiger partial charge is 0.132 e. The Morgan fingerprint density at radius 1 is 1.35 bits per heavy atom. The van der Waals surface area contributed by atoms with E-state index in [0.717, 1.165) is 17.0 Å². The van der Waals surface area contributed by atoms with Crippen LogP contribution in [0, 0.1) is 12.8 Å². The Kier molecular flexibility index (Phi) is 3.53. The third-order valence-corrected chi connectivity index (χ3v) is 4.06. The molecule has 0 saturated carbocycles. The van der Waals surface area contributed by atoms with E-state index in [-0.39, 0.29) is 6.04 Å². The Morgan fingerprint density at radius 3 is 2.95 bits per heavy atom. The number of halogens is 1. The van der Waals surface area contributed by atoms with Crippen molar-refractivity contribution in [3.8, 4) is 5.75 Å². The molecule has 0 saturated heterocycles. The van der Waals surface area contributed by atoms with Gasteiger partial charge in [-0.2, -0.15) is 0 Å². The minimum absolute atomic E-state index is 0.224. The molecule has 2 aromatic rings. The van der Waals surface area contributed by atoms with Crippen LogP contribution in [0.3, 0.4) is 0 Å². The number of ether oxygens (including phenoxy) is 1. The SMILES string of the molecule is Cc1cc(NC2c3ccccc3OCC2C)cnc1Cl. The van der Waals surface area contributed by atoms with Crippen molar-refractivity contribution in [1.82, 2.24) is 4.98 Å². The van der Waals surface area contributed by atoms with E-state index in [9.17, 15) is 0 Å². The van der Waals surface area contributed by atoms with Gasteiger partial charge in [0.25, 0.3) is 0 Å². The number of hydrogen-bond acceptors (Lipinski definition) is 3. The number of rotatable bonds is 2. The van der Waals surface area contributed by atoms with E-state index in [0.29, 0.717) is 17.7 Å². The highest BCUT2D eigenvalue weighted by Gasteiger charge is 2.27. The molecular weight excluding hydrogens is 272 g/mol. The number of fused-ring (bicyclic) bond motifs is 1. The lowest BCUT2D eigenvalue weighted by molar-refractivity contribution is 0.214. The molecule has 1 N–H and O–H groups in total. The van der Waals surface area contributed by atoms with Gasteiger partial charge in [-0.05, 0) is 24.6 Å². The van der Waals surface area contributed by atoms with Crippen molar-refractivity contribution in [3.63, 3.8) is 0 Å². The number of benzene rings is 1. The lowest BCUT2D eigenvalue weighted by Crippen LogP contribution is -2.28. The number of aromatic nitrogens is 1. The van der Waals surface area contributed by atoms with Gasteiger partial charge in [-0.25, -0.2) is 4.98 Å². The highest BCUT2D eigenvalue weighted by molar-refractivity contribution is 6.30. The van der Waals surface area contributed by atoms with Crippen molar-refractivity contribution >= 4 is 17.3 Å². The second kappa shape index (κ2) is 5.33. The molecule has 20 heavy (non-hydrogen) atoms. The third kappa shape index (κ3) is 2.46. The van der Waals surface area contributed by atoms with Gasteiger partial charge >= 0.3 is 0 Å². The van der Waals surface area contributed by atoms with E-state index >= 15 is 0 Å². The molecule has 2 heterocycles. The van der Waals surface area contributed by atoms with E-state index in [1.165, 1.54) is 5.56 Å². The highest BCUT2D eigenvalue weighted by atomic mass is 35.5. The van der Waals surface area contributed by atoms with E-state index in [2.05, 4.69) is 23.3 Å². The predicted octanol–water partition coefficient (Wildman–Crippen LogP) is 4.23. The molecule has 0 aliphatic carbocycles. The van der Waals surface area contributed by atoms with Crippen LogP contribution in [0.4, 0.5) is 5.69 Å². The zero-order valence-electron chi connectivity index (χ0n) is 11.6. The highest BCUT2D eigenvalue weighted by Crippen LogP contribution is 2.37. The molecule has 3 nitrogen and oxygen atoms in total. The number of nitrogens with one attached hydrogen (secondary N) is 1. The van der Waals surface area contributed by atoms with Crippen LogP contribution in [0.15, 0.2) is 36.5 Å². The van der Waals surface area contributed by atoms with Crippen LogP contribution in [-0.4, -0.2) is 11.6 Å². The summed E-state index contributed by atoms with van der Waals surface area (Å²) in [4.78, 5) is 4.20. The quantitative estimate of drug-likeness (QED) is 0.840. The first kappa shape index (κ1) is 13.3. The van der Waals surface area contributed by atoms with Crippen LogP contribution in [-0.2, 0) is 0 Å². The zero-order valence-corrected chi connectivity index (χ0v) is 12.3. The van der Waals surface area contributed by atoms with Gasteiger partial charge in [-0.15, -0.1) is 0 Å². The maximum atomic E-state index is 5.97. The topological polar surface area (TPSA) is 34.1 Å². The average Bonchev–Trinajstić information content (AvgIpc) is 2.46. The summed E-state index contributed by atoms with van der Waals surface area (Å²) in [5.74, 6) is 1.35. The van der Waals surface area contributed by atoms with Crippen LogP contribution in [0.25, 0.3) is 0 Å². The Morgan fingerprint density at radius 2 is 2.15 bits per heavy atom. The van der Waals surface area contributed by atoms with Crippen LogP contribution < -0.4 is 10.1 Å². The Balaban J connectivity index is 1.91. The molecule has 0 radical (unpaired) electrons. The minimum atomic E-state index is 0.224. The number of anilines is 1. The molecule has 0 fully saturated rings. The van der Waals surface area contributed by atoms with Crippen molar-refractivity contribution in [2.75, 3.05) is 11.9 Å². The molecular formula is C16H17ClN2O. The van der Waals surface area contributed by atoms with Crippen LogP contribution in [0.1, 0.15) is 24.1 Å². The summed E-state index contributed by atoms with van der Waals surface area (Å²) in [6.45, 7) is 4.86. The van der Waals surface area contributed by atoms with Crippen molar-refractivity contribution in [2.24, 2.45) is 5.92 Å².